The highest BCUT2D eigenvalue weighted by atomic mass is 35.5. The van der Waals surface area contributed by atoms with Crippen molar-refractivity contribution in [1.82, 2.24) is 4.57 Å². The molecule has 0 fully saturated rings. The van der Waals surface area contributed by atoms with Gasteiger partial charge in [-0.05, 0) is 18.2 Å². The van der Waals surface area contributed by atoms with Crippen LogP contribution in [0.4, 0.5) is 18.9 Å². The van der Waals surface area contributed by atoms with Crippen LogP contribution in [0.5, 0.6) is 5.88 Å². The molecule has 0 aliphatic rings. The Labute approximate surface area is 143 Å². The molecule has 2 rings (SSSR count). The fourth-order valence-corrected chi connectivity index (χ4v) is 2.86. The number of halogens is 4. The Bertz CT molecular complexity index is 871. The van der Waals surface area contributed by atoms with Crippen molar-refractivity contribution in [2.75, 3.05) is 0 Å². The molecule has 5 nitrogen and oxygen atoms in total. The first-order chi connectivity index (χ1) is 11.1. The van der Waals surface area contributed by atoms with Crippen LogP contribution >= 0.6 is 22.9 Å². The molecule has 0 amide bonds. The summed E-state index contributed by atoms with van der Waals surface area (Å²) in [6, 6.07) is 3.13. The highest BCUT2D eigenvalue weighted by Crippen LogP contribution is 2.36. The van der Waals surface area contributed by atoms with E-state index in [1.54, 1.807) is 0 Å². The van der Waals surface area contributed by atoms with Gasteiger partial charge in [0.25, 0.3) is 0 Å². The van der Waals surface area contributed by atoms with Crippen LogP contribution in [0.15, 0.2) is 28.6 Å². The summed E-state index contributed by atoms with van der Waals surface area (Å²) < 4.78 is 44.5. The van der Waals surface area contributed by atoms with E-state index in [0.29, 0.717) is 0 Å². The summed E-state index contributed by atoms with van der Waals surface area (Å²) >= 11 is 6.49. The van der Waals surface area contributed by atoms with E-state index in [4.69, 9.17) is 16.3 Å². The summed E-state index contributed by atoms with van der Waals surface area (Å²) in [5.41, 5.74) is -1.07. The Morgan fingerprint density at radius 3 is 2.50 bits per heavy atom. The zero-order valence-electron chi connectivity index (χ0n) is 12.3. The van der Waals surface area contributed by atoms with Gasteiger partial charge >= 0.3 is 12.1 Å². The lowest BCUT2D eigenvalue weighted by molar-refractivity contribution is -0.137. The third kappa shape index (κ3) is 4.04. The van der Waals surface area contributed by atoms with Crippen LogP contribution in [0.3, 0.4) is 0 Å². The van der Waals surface area contributed by atoms with Gasteiger partial charge in [-0.3, -0.25) is 9.59 Å². The molecule has 2 aromatic rings. The summed E-state index contributed by atoms with van der Waals surface area (Å²) in [7, 11) is 0. The van der Waals surface area contributed by atoms with Crippen molar-refractivity contribution >= 4 is 40.5 Å². The number of carbonyl (C=O) groups excluding carboxylic acids is 2. The zero-order chi connectivity index (χ0) is 18.1. The molecular weight excluding hydrogens is 369 g/mol. The maximum atomic E-state index is 12.9. The third-order valence-electron chi connectivity index (χ3n) is 2.72. The van der Waals surface area contributed by atoms with Crippen molar-refractivity contribution < 1.29 is 27.5 Å². The van der Waals surface area contributed by atoms with Crippen LogP contribution in [-0.2, 0) is 11.0 Å². The minimum absolute atomic E-state index is 0.0436. The van der Waals surface area contributed by atoms with Crippen molar-refractivity contribution in [3.05, 3.63) is 39.0 Å². The Kier molecular flexibility index (Phi) is 5.14. The van der Waals surface area contributed by atoms with Gasteiger partial charge in [0.2, 0.25) is 11.8 Å². The number of aromatic nitrogens is 1. The Balaban J connectivity index is 2.59. The van der Waals surface area contributed by atoms with Crippen LogP contribution < -0.4 is 9.54 Å². The first-order valence-corrected chi connectivity index (χ1v) is 7.66. The van der Waals surface area contributed by atoms with E-state index in [1.807, 2.05) is 0 Å². The third-order valence-corrected chi connectivity index (χ3v) is 3.85. The summed E-state index contributed by atoms with van der Waals surface area (Å²) in [5, 5.41) is 0.912. The summed E-state index contributed by atoms with van der Waals surface area (Å²) in [6.07, 6.45) is -4.63. The lowest BCUT2D eigenvalue weighted by atomic mass is 10.2. The van der Waals surface area contributed by atoms with Crippen molar-refractivity contribution in [2.24, 2.45) is 4.99 Å². The number of hydrogen-bond donors (Lipinski definition) is 0. The van der Waals surface area contributed by atoms with Crippen molar-refractivity contribution in [3.63, 3.8) is 0 Å². The predicted octanol–water partition coefficient (Wildman–Crippen LogP) is 4.04. The molecule has 0 saturated carbocycles. The van der Waals surface area contributed by atoms with E-state index >= 15 is 0 Å². The molecule has 1 heterocycles. The number of carbonyl (C=O) groups is 2. The minimum Gasteiger partial charge on any atom is -0.408 e. The van der Waals surface area contributed by atoms with Crippen LogP contribution in [0.25, 0.3) is 0 Å². The Hall–Kier alpha value is -2.13. The molecular formula is C14H10ClF3N2O3S. The van der Waals surface area contributed by atoms with Gasteiger partial charge in [0, 0.05) is 13.8 Å². The van der Waals surface area contributed by atoms with E-state index in [2.05, 4.69) is 4.99 Å². The fourth-order valence-electron chi connectivity index (χ4n) is 1.80. The maximum absolute atomic E-state index is 12.9. The quantitative estimate of drug-likeness (QED) is 0.741. The van der Waals surface area contributed by atoms with Gasteiger partial charge < -0.3 is 4.74 Å². The number of hydrogen-bond acceptors (Lipinski definition) is 5. The lowest BCUT2D eigenvalue weighted by Gasteiger charge is -2.09. The standard InChI is InChI=1S/C14H10ClF3N2O3S/c1-7(21)20-12(23-8(2)22)6-24-13(20)19-9-3-4-11(15)10(5-9)14(16,17)18/h3-6H,1-2H3. The molecule has 0 aliphatic heterocycles. The number of rotatable bonds is 2. The number of thiazole rings is 1. The highest BCUT2D eigenvalue weighted by molar-refractivity contribution is 7.07. The molecule has 0 unspecified atom stereocenters. The molecule has 0 radical (unpaired) electrons. The van der Waals surface area contributed by atoms with Crippen LogP contribution in [0.1, 0.15) is 24.2 Å². The van der Waals surface area contributed by atoms with E-state index in [-0.39, 0.29) is 16.4 Å². The molecule has 0 N–H and O–H groups in total. The minimum atomic E-state index is -4.63. The molecule has 0 atom stereocenters. The normalized spacial score (nSPS) is 12.3. The van der Waals surface area contributed by atoms with E-state index < -0.39 is 28.6 Å². The molecule has 10 heteroatoms. The molecule has 1 aromatic carbocycles. The van der Waals surface area contributed by atoms with Crippen LogP contribution in [0, 0.1) is 0 Å². The average molecular weight is 379 g/mol. The second-order valence-electron chi connectivity index (χ2n) is 4.58. The van der Waals surface area contributed by atoms with E-state index in [1.165, 1.54) is 18.4 Å². The van der Waals surface area contributed by atoms with Gasteiger partial charge in [-0.25, -0.2) is 9.56 Å². The first kappa shape index (κ1) is 18.2. The molecule has 24 heavy (non-hydrogen) atoms. The number of nitrogens with zero attached hydrogens (tertiary/aromatic N) is 2. The van der Waals surface area contributed by atoms with Gasteiger partial charge in [0.05, 0.1) is 21.7 Å². The molecule has 1 aromatic heterocycles. The maximum Gasteiger partial charge on any atom is 0.417 e. The molecule has 0 aliphatic carbocycles. The Morgan fingerprint density at radius 1 is 1.29 bits per heavy atom. The topological polar surface area (TPSA) is 60.7 Å². The Morgan fingerprint density at radius 2 is 1.96 bits per heavy atom. The van der Waals surface area contributed by atoms with Gasteiger partial charge in [-0.1, -0.05) is 11.6 Å². The first-order valence-electron chi connectivity index (χ1n) is 6.41. The monoisotopic (exact) mass is 378 g/mol. The van der Waals surface area contributed by atoms with Crippen LogP contribution in [-0.4, -0.2) is 16.4 Å². The smallest absolute Gasteiger partial charge is 0.408 e. The second kappa shape index (κ2) is 6.78. The lowest BCUT2D eigenvalue weighted by Crippen LogP contribution is -2.22. The fraction of sp³-hybridized carbons (Fsp3) is 0.214. The zero-order valence-corrected chi connectivity index (χ0v) is 13.9. The van der Waals surface area contributed by atoms with Crippen molar-refractivity contribution in [2.45, 2.75) is 20.0 Å². The van der Waals surface area contributed by atoms with Gasteiger partial charge in [0.1, 0.15) is 0 Å². The van der Waals surface area contributed by atoms with Crippen molar-refractivity contribution in [3.8, 4) is 5.88 Å². The van der Waals surface area contributed by atoms with E-state index in [0.717, 1.165) is 35.0 Å². The number of esters is 1. The molecule has 0 saturated heterocycles. The van der Waals surface area contributed by atoms with E-state index in [9.17, 15) is 22.8 Å². The summed E-state index contributed by atoms with van der Waals surface area (Å²) in [6.45, 7) is 2.37. The number of ether oxygens (including phenoxy) is 1. The summed E-state index contributed by atoms with van der Waals surface area (Å²) in [5.74, 6) is -1.19. The van der Waals surface area contributed by atoms with Gasteiger partial charge in [0.15, 0.2) is 4.80 Å². The molecule has 0 bridgehead atoms. The SMILES string of the molecule is CC(=O)Oc1csc(=Nc2ccc(Cl)c(C(F)(F)F)c2)n1C(C)=O. The van der Waals surface area contributed by atoms with Gasteiger partial charge in [-0.2, -0.15) is 13.2 Å². The second-order valence-corrected chi connectivity index (χ2v) is 5.82. The predicted molar refractivity (Wildman–Crippen MR) is 81.6 cm³/mol. The number of benzene rings is 1. The largest absolute Gasteiger partial charge is 0.417 e. The van der Waals surface area contributed by atoms with Crippen LogP contribution in [0.2, 0.25) is 5.02 Å². The molecule has 128 valence electrons. The average Bonchev–Trinajstić information content (AvgIpc) is 2.81. The number of alkyl halides is 3. The summed E-state index contributed by atoms with van der Waals surface area (Å²) in [4.78, 5) is 26.8. The molecule has 0 spiro atoms. The highest BCUT2D eigenvalue weighted by Gasteiger charge is 2.33. The van der Waals surface area contributed by atoms with Crippen molar-refractivity contribution in [1.29, 1.82) is 0 Å². The van der Waals surface area contributed by atoms with Gasteiger partial charge in [-0.15, -0.1) is 11.3 Å².